The summed E-state index contributed by atoms with van der Waals surface area (Å²) in [5.74, 6) is 0.0925. The first-order valence-corrected chi connectivity index (χ1v) is 6.41. The quantitative estimate of drug-likeness (QED) is 0.732. The van der Waals surface area contributed by atoms with Crippen molar-refractivity contribution in [2.24, 2.45) is 0 Å². The van der Waals surface area contributed by atoms with Crippen LogP contribution in [-0.2, 0) is 4.79 Å². The topological polar surface area (TPSA) is 52.7 Å². The molecule has 100 valence electrons. The second-order valence-electron chi connectivity index (χ2n) is 3.72. The van der Waals surface area contributed by atoms with E-state index < -0.39 is 0 Å². The van der Waals surface area contributed by atoms with Crippen molar-refractivity contribution in [3.8, 4) is 0 Å². The van der Waals surface area contributed by atoms with E-state index in [0.717, 1.165) is 13.1 Å². The van der Waals surface area contributed by atoms with Crippen LogP contribution < -0.4 is 5.32 Å². The summed E-state index contributed by atoms with van der Waals surface area (Å²) in [6.45, 7) is 11.0. The van der Waals surface area contributed by atoms with Gasteiger partial charge in [0.05, 0.1) is 0 Å². The molecule has 0 saturated carbocycles. The van der Waals surface area contributed by atoms with Crippen molar-refractivity contribution in [2.75, 3.05) is 32.7 Å². The number of urea groups is 1. The number of nitrogens with zero attached hydrogens (tertiary/aromatic N) is 2. The maximum atomic E-state index is 11.7. The van der Waals surface area contributed by atoms with Crippen LogP contribution in [0, 0.1) is 0 Å². The van der Waals surface area contributed by atoms with Crippen LogP contribution in [0.3, 0.4) is 0 Å². The maximum Gasteiger partial charge on any atom is 0.317 e. The van der Waals surface area contributed by atoms with Gasteiger partial charge in [-0.05, 0) is 27.7 Å². The van der Waals surface area contributed by atoms with E-state index in [4.69, 9.17) is 0 Å². The Balaban J connectivity index is 3.90. The predicted molar refractivity (Wildman–Crippen MR) is 68.9 cm³/mol. The second-order valence-corrected chi connectivity index (χ2v) is 3.72. The molecule has 0 saturated heterocycles. The van der Waals surface area contributed by atoms with Crippen molar-refractivity contribution < 1.29 is 9.59 Å². The molecule has 0 fully saturated rings. The van der Waals surface area contributed by atoms with E-state index in [1.807, 2.05) is 27.7 Å². The van der Waals surface area contributed by atoms with Gasteiger partial charge in [0.15, 0.2) is 0 Å². The van der Waals surface area contributed by atoms with Gasteiger partial charge in [-0.1, -0.05) is 0 Å². The predicted octanol–water partition coefficient (Wildman–Crippen LogP) is 1.30. The minimum atomic E-state index is -0.0950. The zero-order valence-electron chi connectivity index (χ0n) is 11.5. The van der Waals surface area contributed by atoms with Crippen molar-refractivity contribution in [1.82, 2.24) is 15.1 Å². The zero-order chi connectivity index (χ0) is 13.3. The Bertz CT molecular complexity index is 212. The summed E-state index contributed by atoms with van der Waals surface area (Å²) in [4.78, 5) is 26.7. The molecule has 0 aromatic carbocycles. The molecular weight excluding hydrogens is 218 g/mol. The van der Waals surface area contributed by atoms with Gasteiger partial charge in [-0.15, -0.1) is 0 Å². The van der Waals surface area contributed by atoms with Gasteiger partial charge in [0.25, 0.3) is 0 Å². The van der Waals surface area contributed by atoms with Crippen LogP contribution in [0.2, 0.25) is 0 Å². The highest BCUT2D eigenvalue weighted by Crippen LogP contribution is 1.94. The Morgan fingerprint density at radius 3 is 1.76 bits per heavy atom. The van der Waals surface area contributed by atoms with Gasteiger partial charge in [-0.3, -0.25) is 4.79 Å². The molecule has 0 atom stereocenters. The fraction of sp³-hybridized carbons (Fsp3) is 0.833. The summed E-state index contributed by atoms with van der Waals surface area (Å²) >= 11 is 0. The molecular formula is C12H25N3O2. The minimum absolute atomic E-state index is 0.0925. The van der Waals surface area contributed by atoms with Crippen LogP contribution in [0.1, 0.15) is 34.1 Å². The van der Waals surface area contributed by atoms with Gasteiger partial charge in [-0.2, -0.15) is 0 Å². The van der Waals surface area contributed by atoms with Crippen LogP contribution in [0.15, 0.2) is 0 Å². The number of hydrogen-bond acceptors (Lipinski definition) is 2. The fourth-order valence-electron chi connectivity index (χ4n) is 1.63. The summed E-state index contributed by atoms with van der Waals surface area (Å²) in [6.07, 6.45) is 0.370. The Morgan fingerprint density at radius 2 is 1.35 bits per heavy atom. The number of hydrogen-bond donors (Lipinski definition) is 1. The highest BCUT2D eigenvalue weighted by atomic mass is 16.2. The molecule has 0 aliphatic rings. The van der Waals surface area contributed by atoms with Gasteiger partial charge >= 0.3 is 6.03 Å². The molecule has 0 bridgehead atoms. The third-order valence-corrected chi connectivity index (χ3v) is 2.78. The van der Waals surface area contributed by atoms with E-state index in [2.05, 4.69) is 5.32 Å². The third-order valence-electron chi connectivity index (χ3n) is 2.78. The first kappa shape index (κ1) is 15.7. The lowest BCUT2D eigenvalue weighted by Crippen LogP contribution is -2.41. The molecule has 0 aliphatic carbocycles. The van der Waals surface area contributed by atoms with Gasteiger partial charge < -0.3 is 15.1 Å². The fourth-order valence-corrected chi connectivity index (χ4v) is 1.63. The van der Waals surface area contributed by atoms with Crippen molar-refractivity contribution in [1.29, 1.82) is 0 Å². The molecule has 3 amide bonds. The average Bonchev–Trinajstić information content (AvgIpc) is 2.32. The van der Waals surface area contributed by atoms with Gasteiger partial charge in [0.1, 0.15) is 0 Å². The van der Waals surface area contributed by atoms with Crippen LogP contribution in [-0.4, -0.2) is 54.5 Å². The molecule has 0 spiro atoms. The summed E-state index contributed by atoms with van der Waals surface area (Å²) in [6, 6.07) is -0.0950. The summed E-state index contributed by atoms with van der Waals surface area (Å²) in [5.41, 5.74) is 0. The van der Waals surface area contributed by atoms with Crippen LogP contribution in [0.5, 0.6) is 0 Å². The smallest absolute Gasteiger partial charge is 0.317 e. The van der Waals surface area contributed by atoms with Crippen LogP contribution in [0.25, 0.3) is 0 Å². The molecule has 0 radical (unpaired) electrons. The molecule has 5 nitrogen and oxygen atoms in total. The molecule has 0 aromatic heterocycles. The SMILES string of the molecule is CCN(CC)C(=O)CCNC(=O)N(CC)CC. The number of nitrogens with one attached hydrogen (secondary N) is 1. The van der Waals surface area contributed by atoms with Crippen molar-refractivity contribution in [3.63, 3.8) is 0 Å². The highest BCUT2D eigenvalue weighted by Gasteiger charge is 2.11. The van der Waals surface area contributed by atoms with E-state index in [1.54, 1.807) is 9.80 Å². The molecule has 0 unspecified atom stereocenters. The lowest BCUT2D eigenvalue weighted by atomic mass is 10.3. The molecule has 0 heterocycles. The monoisotopic (exact) mass is 243 g/mol. The van der Waals surface area contributed by atoms with Gasteiger partial charge in [-0.25, -0.2) is 4.79 Å². The van der Waals surface area contributed by atoms with Gasteiger partial charge in [0, 0.05) is 39.1 Å². The Kier molecular flexibility index (Phi) is 8.19. The van der Waals surface area contributed by atoms with Crippen molar-refractivity contribution >= 4 is 11.9 Å². The zero-order valence-corrected chi connectivity index (χ0v) is 11.5. The van der Waals surface area contributed by atoms with E-state index in [-0.39, 0.29) is 11.9 Å². The van der Waals surface area contributed by atoms with Crippen molar-refractivity contribution in [2.45, 2.75) is 34.1 Å². The van der Waals surface area contributed by atoms with Crippen LogP contribution >= 0.6 is 0 Å². The molecule has 0 aliphatic heterocycles. The Labute approximate surface area is 104 Å². The van der Waals surface area contributed by atoms with Crippen molar-refractivity contribution in [3.05, 3.63) is 0 Å². The first-order chi connectivity index (χ1) is 8.10. The summed E-state index contributed by atoms with van der Waals surface area (Å²) in [7, 11) is 0. The summed E-state index contributed by atoms with van der Waals surface area (Å²) in [5, 5.41) is 2.76. The molecule has 5 heteroatoms. The third kappa shape index (κ3) is 5.56. The number of rotatable bonds is 7. The number of carbonyl (C=O) groups is 2. The van der Waals surface area contributed by atoms with E-state index in [9.17, 15) is 9.59 Å². The van der Waals surface area contributed by atoms with Gasteiger partial charge in [0.2, 0.25) is 5.91 Å². The molecule has 17 heavy (non-hydrogen) atoms. The summed E-state index contributed by atoms with van der Waals surface area (Å²) < 4.78 is 0. The number of amides is 3. The number of carbonyl (C=O) groups excluding carboxylic acids is 2. The highest BCUT2D eigenvalue weighted by molar-refractivity contribution is 5.78. The molecule has 1 N–H and O–H groups in total. The van der Waals surface area contributed by atoms with Crippen LogP contribution in [0.4, 0.5) is 4.79 Å². The Hall–Kier alpha value is -1.26. The largest absolute Gasteiger partial charge is 0.343 e. The first-order valence-electron chi connectivity index (χ1n) is 6.41. The second kappa shape index (κ2) is 8.84. The molecule has 0 aromatic rings. The normalized spacial score (nSPS) is 9.88. The van der Waals surface area contributed by atoms with E-state index >= 15 is 0 Å². The lowest BCUT2D eigenvalue weighted by Gasteiger charge is -2.21. The van der Waals surface area contributed by atoms with E-state index in [1.165, 1.54) is 0 Å². The minimum Gasteiger partial charge on any atom is -0.343 e. The molecule has 0 rings (SSSR count). The lowest BCUT2D eigenvalue weighted by molar-refractivity contribution is -0.130. The Morgan fingerprint density at radius 1 is 0.882 bits per heavy atom. The van der Waals surface area contributed by atoms with E-state index in [0.29, 0.717) is 26.1 Å². The average molecular weight is 243 g/mol. The standard InChI is InChI=1S/C12H25N3O2/c1-5-14(6-2)11(16)9-10-13-12(17)15(7-3)8-4/h5-10H2,1-4H3,(H,13,17). The maximum absolute atomic E-state index is 11.7.